The molecule has 3 N–H and O–H groups in total. The van der Waals surface area contributed by atoms with Gasteiger partial charge in [0.1, 0.15) is 5.82 Å². The summed E-state index contributed by atoms with van der Waals surface area (Å²) < 4.78 is 38.8. The summed E-state index contributed by atoms with van der Waals surface area (Å²) in [5.74, 6) is -3.02. The molecule has 1 aromatic heterocycles. The number of carbonyl (C=O) groups excluding carboxylic acids is 2. The predicted molar refractivity (Wildman–Crippen MR) is 151 cm³/mol. The van der Waals surface area contributed by atoms with Gasteiger partial charge in [0.25, 0.3) is 11.8 Å². The first-order valence-corrected chi connectivity index (χ1v) is 13.9. The molecule has 0 spiro atoms. The van der Waals surface area contributed by atoms with Crippen LogP contribution in [-0.4, -0.2) is 57.2 Å². The molecular formula is C28H29ClF2N4O3S. The Hall–Kier alpha value is -3.63. The summed E-state index contributed by atoms with van der Waals surface area (Å²) in [6.45, 7) is 3.05. The standard InChI is InChI=1S/C26H23ClF2N4O3S.C2H6/c27-21-13-20(18-3-5-19(6-4-18)25(35)33-15-26(28,29)16-33)7-8-22(21)37(36)12-11-31-24(34)10-2-17-1-9-23(30)32-14-17;1-2/h1-10,13-14H,11-12,15-16H2,(H2,30,32)(H,31,34);1-2H3/b10-2+;. The maximum absolute atomic E-state index is 13.0. The van der Waals surface area contributed by atoms with Gasteiger partial charge >= 0.3 is 0 Å². The van der Waals surface area contributed by atoms with Gasteiger partial charge in [0, 0.05) is 30.1 Å². The minimum Gasteiger partial charge on any atom is -0.384 e. The number of hydrogen-bond acceptors (Lipinski definition) is 5. The number of alkyl halides is 2. The Morgan fingerprint density at radius 1 is 1.10 bits per heavy atom. The molecule has 0 radical (unpaired) electrons. The zero-order valence-corrected chi connectivity index (χ0v) is 23.1. The van der Waals surface area contributed by atoms with Crippen LogP contribution in [0.1, 0.15) is 29.8 Å². The highest BCUT2D eigenvalue weighted by Gasteiger charge is 2.46. The van der Waals surface area contributed by atoms with E-state index >= 15 is 0 Å². The zero-order valence-electron chi connectivity index (χ0n) is 21.5. The molecule has 1 unspecified atom stereocenters. The van der Waals surface area contributed by atoms with Gasteiger partial charge in [-0.2, -0.15) is 0 Å². The van der Waals surface area contributed by atoms with Gasteiger partial charge in [-0.1, -0.05) is 43.6 Å². The Kier molecular flexibility index (Phi) is 10.3. The van der Waals surface area contributed by atoms with E-state index in [4.69, 9.17) is 17.3 Å². The van der Waals surface area contributed by atoms with E-state index in [9.17, 15) is 22.6 Å². The van der Waals surface area contributed by atoms with Crippen LogP contribution in [0.25, 0.3) is 17.2 Å². The van der Waals surface area contributed by atoms with E-state index in [0.29, 0.717) is 21.3 Å². The van der Waals surface area contributed by atoms with E-state index in [2.05, 4.69) is 10.3 Å². The Labute approximate surface area is 233 Å². The molecule has 0 aliphatic carbocycles. The fraction of sp³-hybridized carbons (Fsp3) is 0.250. The minimum atomic E-state index is -2.81. The van der Waals surface area contributed by atoms with Crippen molar-refractivity contribution in [1.82, 2.24) is 15.2 Å². The van der Waals surface area contributed by atoms with Crippen LogP contribution in [0.3, 0.4) is 0 Å². The molecule has 4 rings (SSSR count). The number of likely N-dealkylation sites (tertiary alicyclic amines) is 1. The van der Waals surface area contributed by atoms with E-state index < -0.39 is 35.7 Å². The van der Waals surface area contributed by atoms with Crippen molar-refractivity contribution in [3.63, 3.8) is 0 Å². The highest BCUT2D eigenvalue weighted by Crippen LogP contribution is 2.30. The minimum absolute atomic E-state index is 0.175. The quantitative estimate of drug-likeness (QED) is 0.367. The first-order valence-electron chi connectivity index (χ1n) is 12.2. The fourth-order valence-corrected chi connectivity index (χ4v) is 5.07. The maximum atomic E-state index is 13.0. The van der Waals surface area contributed by atoms with Gasteiger partial charge in [-0.3, -0.25) is 13.8 Å². The highest BCUT2D eigenvalue weighted by molar-refractivity contribution is 7.85. The normalized spacial score (nSPS) is 14.6. The lowest BCUT2D eigenvalue weighted by Gasteiger charge is -2.38. The van der Waals surface area contributed by atoms with E-state index in [1.807, 2.05) is 13.8 Å². The lowest BCUT2D eigenvalue weighted by molar-refractivity contribution is -0.116. The summed E-state index contributed by atoms with van der Waals surface area (Å²) in [6.07, 6.45) is 4.50. The largest absolute Gasteiger partial charge is 0.384 e. The van der Waals surface area contributed by atoms with Crippen molar-refractivity contribution >= 4 is 46.1 Å². The number of nitrogens with one attached hydrogen (secondary N) is 1. The van der Waals surface area contributed by atoms with E-state index in [1.165, 1.54) is 6.08 Å². The molecule has 3 aromatic rings. The van der Waals surface area contributed by atoms with Crippen molar-refractivity contribution in [1.29, 1.82) is 0 Å². The van der Waals surface area contributed by atoms with Crippen molar-refractivity contribution in [3.05, 3.63) is 83.0 Å². The molecule has 0 bridgehead atoms. The molecule has 11 heteroatoms. The van der Waals surface area contributed by atoms with Crippen LogP contribution >= 0.6 is 11.6 Å². The molecular weight excluding hydrogens is 546 g/mol. The molecule has 1 fully saturated rings. The average Bonchev–Trinajstić information content (AvgIpc) is 2.92. The number of aromatic nitrogens is 1. The number of pyridine rings is 1. The first kappa shape index (κ1) is 29.9. The summed E-state index contributed by atoms with van der Waals surface area (Å²) in [5.41, 5.74) is 8.08. The van der Waals surface area contributed by atoms with Crippen molar-refractivity contribution in [3.8, 4) is 11.1 Å². The Morgan fingerprint density at radius 2 is 1.77 bits per heavy atom. The molecule has 1 atom stereocenters. The number of nitrogens with zero attached hydrogens (tertiary/aromatic N) is 2. The smallest absolute Gasteiger partial charge is 0.282 e. The van der Waals surface area contributed by atoms with Gasteiger partial charge in [-0.25, -0.2) is 13.8 Å². The lowest BCUT2D eigenvalue weighted by Crippen LogP contribution is -2.58. The van der Waals surface area contributed by atoms with Crippen LogP contribution in [-0.2, 0) is 15.6 Å². The summed E-state index contributed by atoms with van der Waals surface area (Å²) in [7, 11) is -1.44. The molecule has 0 saturated carbocycles. The van der Waals surface area contributed by atoms with Crippen LogP contribution in [0.5, 0.6) is 0 Å². The van der Waals surface area contributed by atoms with Crippen LogP contribution < -0.4 is 11.1 Å². The molecule has 39 heavy (non-hydrogen) atoms. The average molecular weight is 575 g/mol. The van der Waals surface area contributed by atoms with Gasteiger partial charge < -0.3 is 16.0 Å². The van der Waals surface area contributed by atoms with Gasteiger partial charge in [-0.15, -0.1) is 0 Å². The van der Waals surface area contributed by atoms with Crippen LogP contribution in [0, 0.1) is 0 Å². The summed E-state index contributed by atoms with van der Waals surface area (Å²) in [6, 6.07) is 15.0. The SMILES string of the molecule is CC.Nc1ccc(/C=C/C(=O)NCCS(=O)c2ccc(-c3ccc(C(=O)N4CC(F)(F)C4)cc3)cc2Cl)cn1. The first-order chi connectivity index (χ1) is 18.6. The Morgan fingerprint density at radius 3 is 2.36 bits per heavy atom. The molecule has 1 saturated heterocycles. The zero-order chi connectivity index (χ0) is 28.6. The maximum Gasteiger partial charge on any atom is 0.282 e. The molecule has 1 aliphatic rings. The third-order valence-electron chi connectivity index (χ3n) is 5.60. The number of nitrogen functional groups attached to an aromatic ring is 1. The molecule has 2 aromatic carbocycles. The Bertz CT molecular complexity index is 1360. The second-order valence-corrected chi connectivity index (χ2v) is 10.4. The van der Waals surface area contributed by atoms with Crippen molar-refractivity contribution < 1.29 is 22.6 Å². The molecule has 2 heterocycles. The fourth-order valence-electron chi connectivity index (χ4n) is 3.63. The van der Waals surface area contributed by atoms with Crippen molar-refractivity contribution in [2.75, 3.05) is 31.1 Å². The van der Waals surface area contributed by atoms with Crippen LogP contribution in [0.15, 0.2) is 71.8 Å². The third kappa shape index (κ3) is 8.18. The van der Waals surface area contributed by atoms with Gasteiger partial charge in [0.15, 0.2) is 0 Å². The van der Waals surface area contributed by atoms with Crippen molar-refractivity contribution in [2.24, 2.45) is 0 Å². The monoisotopic (exact) mass is 574 g/mol. The molecule has 1 aliphatic heterocycles. The van der Waals surface area contributed by atoms with E-state index in [1.54, 1.807) is 66.9 Å². The van der Waals surface area contributed by atoms with Gasteiger partial charge in [0.05, 0.1) is 33.8 Å². The number of hydrogen-bond donors (Lipinski definition) is 2. The summed E-state index contributed by atoms with van der Waals surface area (Å²) in [5, 5.41) is 2.98. The predicted octanol–water partition coefficient (Wildman–Crippen LogP) is 5.04. The number of anilines is 1. The number of nitrogens with two attached hydrogens (primary N) is 1. The van der Waals surface area contributed by atoms with Crippen LogP contribution in [0.4, 0.5) is 14.6 Å². The Balaban J connectivity index is 0.00000205. The summed E-state index contributed by atoms with van der Waals surface area (Å²) in [4.78, 5) is 29.8. The lowest BCUT2D eigenvalue weighted by atomic mass is 10.0. The topological polar surface area (TPSA) is 105 Å². The number of benzene rings is 2. The highest BCUT2D eigenvalue weighted by atomic mass is 35.5. The van der Waals surface area contributed by atoms with E-state index in [0.717, 1.165) is 21.6 Å². The number of carbonyl (C=O) groups is 2. The third-order valence-corrected chi connectivity index (χ3v) is 7.44. The molecule has 206 valence electrons. The second kappa shape index (κ2) is 13.4. The molecule has 2 amide bonds. The number of rotatable bonds is 8. The summed E-state index contributed by atoms with van der Waals surface area (Å²) >= 11 is 6.38. The van der Waals surface area contributed by atoms with Crippen LogP contribution in [0.2, 0.25) is 5.02 Å². The second-order valence-electron chi connectivity index (χ2n) is 8.43. The number of amides is 2. The van der Waals surface area contributed by atoms with Gasteiger partial charge in [-0.05, 0) is 59.2 Å². The van der Waals surface area contributed by atoms with E-state index in [-0.39, 0.29) is 18.2 Å². The number of halogens is 3. The van der Waals surface area contributed by atoms with Crippen molar-refractivity contribution in [2.45, 2.75) is 24.7 Å². The molecule has 7 nitrogen and oxygen atoms in total. The van der Waals surface area contributed by atoms with Gasteiger partial charge in [0.2, 0.25) is 5.91 Å².